The summed E-state index contributed by atoms with van der Waals surface area (Å²) >= 11 is 0. The van der Waals surface area contributed by atoms with Gasteiger partial charge in [0.15, 0.2) is 11.9 Å². The van der Waals surface area contributed by atoms with E-state index in [4.69, 9.17) is 9.47 Å². The highest BCUT2D eigenvalue weighted by Gasteiger charge is 2.32. The zero-order valence-electron chi connectivity index (χ0n) is 15.1. The molecule has 1 unspecified atom stereocenters. The van der Waals surface area contributed by atoms with Gasteiger partial charge in [0.1, 0.15) is 12.4 Å². The predicted molar refractivity (Wildman–Crippen MR) is 98.2 cm³/mol. The number of hydrogen-bond acceptors (Lipinski definition) is 4. The van der Waals surface area contributed by atoms with Crippen molar-refractivity contribution in [2.24, 2.45) is 0 Å². The molecule has 1 aliphatic heterocycles. The van der Waals surface area contributed by atoms with Crippen molar-refractivity contribution in [2.75, 3.05) is 13.1 Å². The van der Waals surface area contributed by atoms with E-state index in [9.17, 15) is 9.59 Å². The molecule has 0 aromatic heterocycles. The quantitative estimate of drug-likeness (QED) is 0.842. The molecule has 2 aromatic carbocycles. The molecule has 3 rings (SSSR count). The molecular weight excluding hydrogens is 330 g/mol. The normalized spacial score (nSPS) is 17.1. The molecule has 5 heteroatoms. The Kier molecular flexibility index (Phi) is 5.56. The van der Waals surface area contributed by atoms with Crippen LogP contribution in [-0.4, -0.2) is 36.0 Å². The molecule has 0 N–H and O–H groups in total. The molecule has 0 radical (unpaired) electrons. The van der Waals surface area contributed by atoms with Crippen molar-refractivity contribution in [1.29, 1.82) is 0 Å². The molecule has 26 heavy (non-hydrogen) atoms. The second-order valence-corrected chi connectivity index (χ2v) is 6.56. The van der Waals surface area contributed by atoms with Crippen molar-refractivity contribution in [3.63, 3.8) is 0 Å². The summed E-state index contributed by atoms with van der Waals surface area (Å²) in [6.45, 7) is 4.80. The molecule has 1 fully saturated rings. The summed E-state index contributed by atoms with van der Waals surface area (Å²) in [6, 6.07) is 15.2. The smallest absolute Gasteiger partial charge is 0.410 e. The van der Waals surface area contributed by atoms with Crippen LogP contribution in [0.25, 0.3) is 0 Å². The highest BCUT2D eigenvalue weighted by molar-refractivity contribution is 5.86. The first-order chi connectivity index (χ1) is 12.5. The van der Waals surface area contributed by atoms with Gasteiger partial charge in [-0.15, -0.1) is 0 Å². The number of ether oxygens (including phenoxy) is 2. The minimum Gasteiger partial charge on any atom is -0.481 e. The first kappa shape index (κ1) is 18.0. The van der Waals surface area contributed by atoms with Crippen LogP contribution >= 0.6 is 0 Å². The van der Waals surface area contributed by atoms with E-state index in [-0.39, 0.29) is 25.4 Å². The van der Waals surface area contributed by atoms with Crippen LogP contribution in [0.5, 0.6) is 5.75 Å². The van der Waals surface area contributed by atoms with Gasteiger partial charge in [0.05, 0.1) is 6.54 Å². The lowest BCUT2D eigenvalue weighted by Gasteiger charge is -2.31. The Morgan fingerprint density at radius 2 is 1.88 bits per heavy atom. The Hall–Kier alpha value is -2.82. The standard InChI is InChI=1S/C21H23NO4/c1-15-8-9-18(12-16(15)2)26-20-13-22(11-10-19(20)23)21(24)25-14-17-6-4-3-5-7-17/h3-9,12,20H,10-11,13-14H2,1-2H3. The molecule has 2 aromatic rings. The molecule has 1 heterocycles. The minimum atomic E-state index is -0.657. The van der Waals surface area contributed by atoms with Gasteiger partial charge in [-0.25, -0.2) is 4.79 Å². The van der Waals surface area contributed by atoms with Crippen molar-refractivity contribution < 1.29 is 19.1 Å². The molecule has 1 atom stereocenters. The monoisotopic (exact) mass is 353 g/mol. The largest absolute Gasteiger partial charge is 0.481 e. The number of amides is 1. The Balaban J connectivity index is 1.59. The average molecular weight is 353 g/mol. The lowest BCUT2D eigenvalue weighted by molar-refractivity contribution is -0.129. The van der Waals surface area contributed by atoms with E-state index in [2.05, 4.69) is 0 Å². The third-order valence-corrected chi connectivity index (χ3v) is 4.59. The summed E-state index contributed by atoms with van der Waals surface area (Å²) in [7, 11) is 0. The van der Waals surface area contributed by atoms with Gasteiger partial charge in [-0.3, -0.25) is 4.79 Å². The predicted octanol–water partition coefficient (Wildman–Crippen LogP) is 3.66. The second-order valence-electron chi connectivity index (χ2n) is 6.56. The first-order valence-electron chi connectivity index (χ1n) is 8.75. The van der Waals surface area contributed by atoms with E-state index >= 15 is 0 Å². The van der Waals surface area contributed by atoms with E-state index in [0.717, 1.165) is 11.1 Å². The molecule has 1 amide bonds. The Bertz CT molecular complexity index is 788. The number of rotatable bonds is 4. The van der Waals surface area contributed by atoms with Gasteiger partial charge in [-0.05, 0) is 42.7 Å². The molecular formula is C21H23NO4. The van der Waals surface area contributed by atoms with Crippen LogP contribution in [0.1, 0.15) is 23.1 Å². The fourth-order valence-corrected chi connectivity index (χ4v) is 2.83. The topological polar surface area (TPSA) is 55.8 Å². The van der Waals surface area contributed by atoms with Crippen LogP contribution in [0, 0.1) is 13.8 Å². The number of nitrogens with zero attached hydrogens (tertiary/aromatic N) is 1. The van der Waals surface area contributed by atoms with Gasteiger partial charge >= 0.3 is 6.09 Å². The molecule has 1 saturated heterocycles. The van der Waals surface area contributed by atoms with Crippen LogP contribution in [0.2, 0.25) is 0 Å². The van der Waals surface area contributed by atoms with Gasteiger partial charge in [0.25, 0.3) is 0 Å². The molecule has 0 aliphatic carbocycles. The molecule has 1 aliphatic rings. The van der Waals surface area contributed by atoms with Gasteiger partial charge in [-0.2, -0.15) is 0 Å². The molecule has 0 bridgehead atoms. The van der Waals surface area contributed by atoms with E-state index in [0.29, 0.717) is 12.3 Å². The summed E-state index contributed by atoms with van der Waals surface area (Å²) in [4.78, 5) is 26.0. The summed E-state index contributed by atoms with van der Waals surface area (Å²) < 4.78 is 11.2. The van der Waals surface area contributed by atoms with Crippen LogP contribution in [0.4, 0.5) is 4.79 Å². The van der Waals surface area contributed by atoms with Crippen molar-refractivity contribution in [1.82, 2.24) is 4.90 Å². The Labute approximate surface area is 153 Å². The lowest BCUT2D eigenvalue weighted by atomic mass is 10.1. The molecule has 5 nitrogen and oxygen atoms in total. The zero-order chi connectivity index (χ0) is 18.5. The van der Waals surface area contributed by atoms with Crippen molar-refractivity contribution >= 4 is 11.9 Å². The first-order valence-corrected chi connectivity index (χ1v) is 8.75. The van der Waals surface area contributed by atoms with E-state index in [1.807, 2.05) is 62.4 Å². The SMILES string of the molecule is Cc1ccc(OC2CN(C(=O)OCc3ccccc3)CCC2=O)cc1C. The van der Waals surface area contributed by atoms with Crippen molar-refractivity contribution in [2.45, 2.75) is 33.0 Å². The Morgan fingerprint density at radius 1 is 1.12 bits per heavy atom. The summed E-state index contributed by atoms with van der Waals surface area (Å²) in [6.07, 6.45) is -0.805. The van der Waals surface area contributed by atoms with Crippen molar-refractivity contribution in [3.8, 4) is 5.75 Å². The zero-order valence-corrected chi connectivity index (χ0v) is 15.1. The van der Waals surface area contributed by atoms with Crippen LogP contribution in [-0.2, 0) is 16.1 Å². The molecule has 136 valence electrons. The number of Topliss-reactive ketones (excluding diaryl/α,β-unsaturated/α-hetero) is 1. The Morgan fingerprint density at radius 3 is 2.62 bits per heavy atom. The third kappa shape index (κ3) is 4.42. The summed E-state index contributed by atoms with van der Waals surface area (Å²) in [5, 5.41) is 0. The number of carbonyl (C=O) groups is 2. The maximum atomic E-state index is 12.3. The average Bonchev–Trinajstić information content (AvgIpc) is 2.65. The number of carbonyl (C=O) groups excluding carboxylic acids is 2. The fraction of sp³-hybridized carbons (Fsp3) is 0.333. The van der Waals surface area contributed by atoms with Crippen molar-refractivity contribution in [3.05, 3.63) is 65.2 Å². The molecule has 0 spiro atoms. The number of piperidine rings is 1. The molecule has 0 saturated carbocycles. The van der Waals surface area contributed by atoms with Gasteiger partial charge in [0.2, 0.25) is 0 Å². The van der Waals surface area contributed by atoms with E-state index < -0.39 is 12.2 Å². The number of ketones is 1. The van der Waals surface area contributed by atoms with Gasteiger partial charge in [0, 0.05) is 13.0 Å². The lowest BCUT2D eigenvalue weighted by Crippen LogP contribution is -2.49. The number of likely N-dealkylation sites (tertiary alicyclic amines) is 1. The highest BCUT2D eigenvalue weighted by Crippen LogP contribution is 2.20. The number of hydrogen-bond donors (Lipinski definition) is 0. The minimum absolute atomic E-state index is 0.00957. The fourth-order valence-electron chi connectivity index (χ4n) is 2.83. The van der Waals surface area contributed by atoms with E-state index in [1.54, 1.807) is 0 Å². The maximum Gasteiger partial charge on any atom is 0.410 e. The summed E-state index contributed by atoms with van der Waals surface area (Å²) in [5.74, 6) is 0.654. The second kappa shape index (κ2) is 8.04. The summed E-state index contributed by atoms with van der Waals surface area (Å²) in [5.41, 5.74) is 3.19. The van der Waals surface area contributed by atoms with Crippen LogP contribution in [0.3, 0.4) is 0 Å². The van der Waals surface area contributed by atoms with Gasteiger partial charge < -0.3 is 14.4 Å². The number of aryl methyl sites for hydroxylation is 2. The number of benzene rings is 2. The highest BCUT2D eigenvalue weighted by atomic mass is 16.6. The van der Waals surface area contributed by atoms with E-state index in [1.165, 1.54) is 10.5 Å². The maximum absolute atomic E-state index is 12.3. The van der Waals surface area contributed by atoms with Crippen LogP contribution < -0.4 is 4.74 Å². The third-order valence-electron chi connectivity index (χ3n) is 4.59. The van der Waals surface area contributed by atoms with Crippen LogP contribution in [0.15, 0.2) is 48.5 Å². The van der Waals surface area contributed by atoms with Gasteiger partial charge in [-0.1, -0.05) is 36.4 Å².